The summed E-state index contributed by atoms with van der Waals surface area (Å²) in [7, 11) is 4.13. The summed E-state index contributed by atoms with van der Waals surface area (Å²) < 4.78 is 21.6. The van der Waals surface area contributed by atoms with Crippen molar-refractivity contribution in [3.63, 3.8) is 0 Å². The van der Waals surface area contributed by atoms with Crippen molar-refractivity contribution in [1.29, 1.82) is 0 Å². The van der Waals surface area contributed by atoms with Gasteiger partial charge in [-0.3, -0.25) is 0 Å². The number of fused-ring (bicyclic) bond motifs is 14. The van der Waals surface area contributed by atoms with Crippen molar-refractivity contribution < 1.29 is 19.0 Å². The Balaban J connectivity index is 1.40. The second-order valence-electron chi connectivity index (χ2n) is 9.44. The van der Waals surface area contributed by atoms with Gasteiger partial charge in [0.05, 0.1) is 31.5 Å². The predicted octanol–water partition coefficient (Wildman–Crippen LogP) is 8.31. The van der Waals surface area contributed by atoms with Crippen LogP contribution in [0.3, 0.4) is 0 Å². The lowest BCUT2D eigenvalue weighted by atomic mass is 10.2. The molecular weight excluding hydrogens is 492 g/mol. The van der Waals surface area contributed by atoms with E-state index < -0.39 is 0 Å². The van der Waals surface area contributed by atoms with E-state index in [1.165, 1.54) is 0 Å². The van der Waals surface area contributed by atoms with E-state index in [4.69, 9.17) is 8.83 Å². The number of thiophene rings is 2. The fourth-order valence-electron chi connectivity index (χ4n) is 5.97. The van der Waals surface area contributed by atoms with Crippen LogP contribution in [0.2, 0.25) is 0 Å². The van der Waals surface area contributed by atoms with Crippen LogP contribution in [-0.4, -0.2) is 19.3 Å². The van der Waals surface area contributed by atoms with Gasteiger partial charge in [0.15, 0.2) is 11.2 Å². The Kier molecular flexibility index (Phi) is 3.17. The molecule has 0 bridgehead atoms. The fourth-order valence-corrected chi connectivity index (χ4v) is 8.47. The van der Waals surface area contributed by atoms with Gasteiger partial charge in [0, 0.05) is 45.0 Å². The molecule has 36 heavy (non-hydrogen) atoms. The molecule has 0 aliphatic rings. The van der Waals surface area contributed by atoms with Crippen molar-refractivity contribution in [3.8, 4) is 11.5 Å². The van der Waals surface area contributed by atoms with Gasteiger partial charge in [-0.2, -0.15) is 0 Å². The molecule has 0 saturated heterocycles. The van der Waals surface area contributed by atoms with Crippen LogP contribution >= 0.6 is 22.7 Å². The maximum absolute atomic E-state index is 9.94. The molecule has 2 N–H and O–H groups in total. The maximum Gasteiger partial charge on any atom is 0.171 e. The van der Waals surface area contributed by atoms with Crippen molar-refractivity contribution >= 4 is 107 Å². The zero-order valence-corrected chi connectivity index (χ0v) is 20.7. The number of hydrogen-bond donors (Lipinski definition) is 2. The Hall–Kier alpha value is -4.14. The van der Waals surface area contributed by atoms with E-state index in [9.17, 15) is 10.2 Å². The van der Waals surface area contributed by atoms with E-state index in [1.807, 2.05) is 24.3 Å². The topological polar surface area (TPSA) is 76.6 Å². The highest BCUT2D eigenvalue weighted by atomic mass is 32.1. The molecule has 0 unspecified atom stereocenters. The van der Waals surface area contributed by atoms with Gasteiger partial charge < -0.3 is 28.2 Å². The SMILES string of the molecule is Cn1c2c3cc4oc5c6sc7cc(O)ccc7c6n(C)c5c4cc3oc2c2sc3cc(O)ccc3c21. The van der Waals surface area contributed by atoms with Crippen LogP contribution in [0.1, 0.15) is 0 Å². The fraction of sp³-hybridized carbons (Fsp3) is 0.0714. The summed E-state index contributed by atoms with van der Waals surface area (Å²) in [6.07, 6.45) is 0. The Morgan fingerprint density at radius 1 is 0.583 bits per heavy atom. The van der Waals surface area contributed by atoms with Gasteiger partial charge in [-0.05, 0) is 48.5 Å². The third-order valence-electron chi connectivity index (χ3n) is 7.50. The minimum absolute atomic E-state index is 0.270. The smallest absolute Gasteiger partial charge is 0.171 e. The van der Waals surface area contributed by atoms with Crippen molar-refractivity contribution in [2.24, 2.45) is 14.1 Å². The molecule has 9 aromatic rings. The molecule has 8 heteroatoms. The molecule has 9 rings (SSSR count). The second-order valence-corrected chi connectivity index (χ2v) is 11.5. The first-order valence-electron chi connectivity index (χ1n) is 11.5. The molecule has 174 valence electrons. The second kappa shape index (κ2) is 5.98. The summed E-state index contributed by atoms with van der Waals surface area (Å²) in [5.74, 6) is 0.540. The van der Waals surface area contributed by atoms with E-state index in [0.29, 0.717) is 0 Å². The van der Waals surface area contributed by atoms with E-state index >= 15 is 0 Å². The lowest BCUT2D eigenvalue weighted by molar-refractivity contribution is 0.475. The molecule has 0 fully saturated rings. The summed E-state index contributed by atoms with van der Waals surface area (Å²) in [6.45, 7) is 0. The first-order valence-corrected chi connectivity index (χ1v) is 13.1. The number of hydrogen-bond acceptors (Lipinski definition) is 6. The maximum atomic E-state index is 9.94. The highest BCUT2D eigenvalue weighted by Gasteiger charge is 2.25. The van der Waals surface area contributed by atoms with Crippen molar-refractivity contribution in [2.75, 3.05) is 0 Å². The zero-order valence-electron chi connectivity index (χ0n) is 19.0. The molecule has 0 aliphatic carbocycles. The molecule has 6 aromatic heterocycles. The average molecular weight is 509 g/mol. The number of phenolic OH excluding ortho intramolecular Hbond substituents is 2. The van der Waals surface area contributed by atoms with E-state index in [2.05, 4.69) is 35.4 Å². The van der Waals surface area contributed by atoms with Crippen LogP contribution < -0.4 is 0 Å². The van der Waals surface area contributed by atoms with Gasteiger partial charge in [0.1, 0.15) is 22.7 Å². The number of furan rings is 2. The number of benzene rings is 3. The summed E-state index contributed by atoms with van der Waals surface area (Å²) in [4.78, 5) is 0. The molecule has 0 spiro atoms. The minimum atomic E-state index is 0.270. The number of aromatic hydroxyl groups is 2. The third kappa shape index (κ3) is 2.06. The van der Waals surface area contributed by atoms with Crippen LogP contribution in [0, 0.1) is 0 Å². The molecule has 6 nitrogen and oxygen atoms in total. The Bertz CT molecular complexity index is 2250. The minimum Gasteiger partial charge on any atom is -0.508 e. The van der Waals surface area contributed by atoms with Crippen LogP contribution in [0.5, 0.6) is 11.5 Å². The highest BCUT2D eigenvalue weighted by Crippen LogP contribution is 2.48. The Morgan fingerprint density at radius 2 is 1.03 bits per heavy atom. The highest BCUT2D eigenvalue weighted by molar-refractivity contribution is 7.27. The van der Waals surface area contributed by atoms with Crippen molar-refractivity contribution in [1.82, 2.24) is 9.13 Å². The summed E-state index contributed by atoms with van der Waals surface area (Å²) >= 11 is 3.28. The Morgan fingerprint density at radius 3 is 1.47 bits per heavy atom. The summed E-state index contributed by atoms with van der Waals surface area (Å²) in [5, 5.41) is 24.1. The van der Waals surface area contributed by atoms with Crippen molar-refractivity contribution in [2.45, 2.75) is 0 Å². The lowest BCUT2D eigenvalue weighted by Gasteiger charge is -2.00. The van der Waals surface area contributed by atoms with Crippen LogP contribution in [-0.2, 0) is 14.1 Å². The molecule has 6 heterocycles. The number of phenols is 2. The van der Waals surface area contributed by atoms with E-state index in [1.54, 1.807) is 34.8 Å². The monoisotopic (exact) mass is 508 g/mol. The van der Waals surface area contributed by atoms with E-state index in [-0.39, 0.29) is 11.5 Å². The quantitative estimate of drug-likeness (QED) is 0.216. The molecule has 0 radical (unpaired) electrons. The standard InChI is InChI=1S/C28H16N2O4S2/c1-29-21-15-9-18-16(10-17(15)33-25(21)27-23(29)13-5-3-11(31)7-19(13)35-27)22-26(34-18)28-24(30(22)2)14-6-4-12(32)8-20(14)36-28/h3-10,31-32H,1-2H3. The number of rotatable bonds is 0. The van der Waals surface area contributed by atoms with Gasteiger partial charge >= 0.3 is 0 Å². The van der Waals surface area contributed by atoms with Crippen LogP contribution in [0.4, 0.5) is 0 Å². The average Bonchev–Trinajstić information content (AvgIpc) is 3.64. The van der Waals surface area contributed by atoms with Crippen LogP contribution in [0.25, 0.3) is 84.7 Å². The van der Waals surface area contributed by atoms with Gasteiger partial charge in [0.2, 0.25) is 0 Å². The molecule has 0 amide bonds. The lowest BCUT2D eigenvalue weighted by Crippen LogP contribution is -1.87. The van der Waals surface area contributed by atoms with E-state index in [0.717, 1.165) is 84.7 Å². The molecule has 3 aromatic carbocycles. The predicted molar refractivity (Wildman–Crippen MR) is 148 cm³/mol. The normalized spacial score (nSPS) is 12.9. The van der Waals surface area contributed by atoms with Gasteiger partial charge in [0.25, 0.3) is 0 Å². The zero-order chi connectivity index (χ0) is 24.0. The first kappa shape index (κ1) is 19.1. The number of aryl methyl sites for hydroxylation is 2. The summed E-state index contributed by atoms with van der Waals surface area (Å²) in [5.41, 5.74) is 7.71. The Labute approximate surface area is 209 Å². The molecular formula is C28H16N2O4S2. The van der Waals surface area contributed by atoms with Gasteiger partial charge in [-0.1, -0.05) is 0 Å². The summed E-state index contributed by atoms with van der Waals surface area (Å²) in [6, 6.07) is 15.2. The number of aromatic nitrogens is 2. The van der Waals surface area contributed by atoms with Crippen LogP contribution in [0.15, 0.2) is 57.4 Å². The van der Waals surface area contributed by atoms with Gasteiger partial charge in [-0.25, -0.2) is 0 Å². The molecule has 0 saturated carbocycles. The molecule has 0 atom stereocenters. The van der Waals surface area contributed by atoms with Crippen molar-refractivity contribution in [3.05, 3.63) is 48.5 Å². The third-order valence-corrected chi connectivity index (χ3v) is 9.78. The first-order chi connectivity index (χ1) is 17.5. The molecule has 0 aliphatic heterocycles. The largest absolute Gasteiger partial charge is 0.508 e. The number of nitrogens with zero attached hydrogens (tertiary/aromatic N) is 2. The van der Waals surface area contributed by atoms with Gasteiger partial charge in [-0.15, -0.1) is 22.7 Å².